The lowest BCUT2D eigenvalue weighted by atomic mass is 10.3. The van der Waals surface area contributed by atoms with Crippen molar-refractivity contribution in [3.63, 3.8) is 0 Å². The van der Waals surface area contributed by atoms with E-state index in [0.29, 0.717) is 12.4 Å². The standard InChI is InChI=1S/C13H20N2O4/c1-4-14(5-2)8-9-19-13-7-6-11(18-3)10-12(13)15(16)17/h6-7,10H,4-5,8-9H2,1-3H3. The Bertz CT molecular complexity index is 419. The number of rotatable bonds is 8. The summed E-state index contributed by atoms with van der Waals surface area (Å²) in [4.78, 5) is 12.7. The number of hydrogen-bond acceptors (Lipinski definition) is 5. The molecule has 6 heteroatoms. The largest absolute Gasteiger partial charge is 0.496 e. The molecule has 1 rings (SSSR count). The number of methoxy groups -OCH3 is 1. The molecule has 0 unspecified atom stereocenters. The summed E-state index contributed by atoms with van der Waals surface area (Å²) < 4.78 is 10.5. The van der Waals surface area contributed by atoms with Gasteiger partial charge in [0, 0.05) is 6.54 Å². The Hall–Kier alpha value is -1.82. The molecule has 0 aliphatic rings. The van der Waals surface area contributed by atoms with Crippen molar-refractivity contribution in [3.8, 4) is 11.5 Å². The molecule has 0 aliphatic heterocycles. The predicted molar refractivity (Wildman–Crippen MR) is 72.9 cm³/mol. The van der Waals surface area contributed by atoms with Gasteiger partial charge in [0.2, 0.25) is 0 Å². The number of ether oxygens (including phenoxy) is 2. The summed E-state index contributed by atoms with van der Waals surface area (Å²) in [5.41, 5.74) is -0.0705. The summed E-state index contributed by atoms with van der Waals surface area (Å²) in [6.45, 7) is 7.18. The van der Waals surface area contributed by atoms with Crippen LogP contribution < -0.4 is 9.47 Å². The third kappa shape index (κ3) is 4.40. The highest BCUT2D eigenvalue weighted by Crippen LogP contribution is 2.30. The van der Waals surface area contributed by atoms with Crippen LogP contribution in [0.4, 0.5) is 5.69 Å². The normalized spacial score (nSPS) is 10.5. The van der Waals surface area contributed by atoms with Crippen molar-refractivity contribution in [2.45, 2.75) is 13.8 Å². The van der Waals surface area contributed by atoms with Gasteiger partial charge < -0.3 is 14.4 Å². The summed E-state index contributed by atoms with van der Waals surface area (Å²) in [6.07, 6.45) is 0. The second kappa shape index (κ2) is 7.58. The molecular formula is C13H20N2O4. The average Bonchev–Trinajstić information content (AvgIpc) is 2.43. The van der Waals surface area contributed by atoms with Gasteiger partial charge in [0.15, 0.2) is 5.75 Å². The van der Waals surface area contributed by atoms with Gasteiger partial charge in [-0.2, -0.15) is 0 Å². The molecule has 0 heterocycles. The molecule has 19 heavy (non-hydrogen) atoms. The van der Waals surface area contributed by atoms with E-state index in [0.717, 1.165) is 19.6 Å². The molecule has 1 aromatic rings. The van der Waals surface area contributed by atoms with Gasteiger partial charge >= 0.3 is 5.69 Å². The summed E-state index contributed by atoms with van der Waals surface area (Å²) >= 11 is 0. The van der Waals surface area contributed by atoms with Crippen LogP contribution in [0.25, 0.3) is 0 Å². The molecule has 106 valence electrons. The van der Waals surface area contributed by atoms with Gasteiger partial charge in [-0.3, -0.25) is 10.1 Å². The zero-order chi connectivity index (χ0) is 14.3. The molecule has 1 aromatic carbocycles. The molecule has 0 fully saturated rings. The minimum Gasteiger partial charge on any atom is -0.496 e. The van der Waals surface area contributed by atoms with E-state index in [9.17, 15) is 10.1 Å². The van der Waals surface area contributed by atoms with Crippen LogP contribution in [0.5, 0.6) is 11.5 Å². The smallest absolute Gasteiger partial charge is 0.314 e. The van der Waals surface area contributed by atoms with E-state index >= 15 is 0 Å². The van der Waals surface area contributed by atoms with E-state index in [1.807, 2.05) is 0 Å². The molecule has 0 saturated heterocycles. The van der Waals surface area contributed by atoms with E-state index in [4.69, 9.17) is 9.47 Å². The molecular weight excluding hydrogens is 248 g/mol. The summed E-state index contributed by atoms with van der Waals surface area (Å²) in [5, 5.41) is 11.0. The third-order valence-electron chi connectivity index (χ3n) is 2.92. The van der Waals surface area contributed by atoms with Crippen molar-refractivity contribution < 1.29 is 14.4 Å². The van der Waals surface area contributed by atoms with E-state index in [2.05, 4.69) is 18.7 Å². The Labute approximate surface area is 113 Å². The van der Waals surface area contributed by atoms with Crippen molar-refractivity contribution in [1.29, 1.82) is 0 Å². The maximum absolute atomic E-state index is 11.0. The van der Waals surface area contributed by atoms with E-state index in [1.165, 1.54) is 13.2 Å². The summed E-state index contributed by atoms with van der Waals surface area (Å²) in [7, 11) is 1.47. The number of likely N-dealkylation sites (N-methyl/N-ethyl adjacent to an activating group) is 1. The van der Waals surface area contributed by atoms with Gasteiger partial charge in [-0.05, 0) is 25.2 Å². The summed E-state index contributed by atoms with van der Waals surface area (Å²) in [6, 6.07) is 4.59. The van der Waals surface area contributed by atoms with Gasteiger partial charge in [-0.1, -0.05) is 13.8 Å². The minimum atomic E-state index is -0.463. The molecule has 0 bridgehead atoms. The first-order chi connectivity index (χ1) is 9.12. The summed E-state index contributed by atoms with van der Waals surface area (Å²) in [5.74, 6) is 0.723. The lowest BCUT2D eigenvalue weighted by Gasteiger charge is -2.18. The van der Waals surface area contributed by atoms with Crippen LogP contribution in [0.3, 0.4) is 0 Å². The number of nitro benzene ring substituents is 1. The van der Waals surface area contributed by atoms with E-state index in [1.54, 1.807) is 12.1 Å². The molecule has 0 atom stereocenters. The van der Waals surface area contributed by atoms with Crippen molar-refractivity contribution in [2.75, 3.05) is 33.4 Å². The molecule has 0 radical (unpaired) electrons. The zero-order valence-corrected chi connectivity index (χ0v) is 11.6. The van der Waals surface area contributed by atoms with Crippen LogP contribution in [0, 0.1) is 10.1 Å². The number of nitrogens with zero attached hydrogens (tertiary/aromatic N) is 2. The number of benzene rings is 1. The maximum Gasteiger partial charge on any atom is 0.314 e. The Balaban J connectivity index is 2.69. The van der Waals surface area contributed by atoms with Crippen LogP contribution in [-0.2, 0) is 0 Å². The van der Waals surface area contributed by atoms with Gasteiger partial charge in [0.05, 0.1) is 18.1 Å². The lowest BCUT2D eigenvalue weighted by molar-refractivity contribution is -0.385. The fourth-order valence-corrected chi connectivity index (χ4v) is 1.71. The molecule has 0 N–H and O–H groups in total. The van der Waals surface area contributed by atoms with Gasteiger partial charge in [0.1, 0.15) is 12.4 Å². The minimum absolute atomic E-state index is 0.0705. The highest BCUT2D eigenvalue weighted by atomic mass is 16.6. The fourth-order valence-electron chi connectivity index (χ4n) is 1.71. The van der Waals surface area contributed by atoms with Gasteiger partial charge in [0.25, 0.3) is 0 Å². The fraction of sp³-hybridized carbons (Fsp3) is 0.538. The van der Waals surface area contributed by atoms with Crippen LogP contribution in [-0.4, -0.2) is 43.2 Å². The SMILES string of the molecule is CCN(CC)CCOc1ccc(OC)cc1[N+](=O)[O-]. The van der Waals surface area contributed by atoms with Crippen LogP contribution in [0.1, 0.15) is 13.8 Å². The quantitative estimate of drug-likeness (QED) is 0.534. The van der Waals surface area contributed by atoms with Crippen LogP contribution >= 0.6 is 0 Å². The second-order valence-electron chi connectivity index (χ2n) is 3.97. The first-order valence-electron chi connectivity index (χ1n) is 6.29. The highest BCUT2D eigenvalue weighted by molar-refractivity contribution is 5.50. The number of hydrogen-bond donors (Lipinski definition) is 0. The van der Waals surface area contributed by atoms with E-state index in [-0.39, 0.29) is 11.4 Å². The average molecular weight is 268 g/mol. The van der Waals surface area contributed by atoms with Crippen LogP contribution in [0.2, 0.25) is 0 Å². The first kappa shape index (κ1) is 15.2. The topological polar surface area (TPSA) is 64.8 Å². The lowest BCUT2D eigenvalue weighted by Crippen LogP contribution is -2.28. The van der Waals surface area contributed by atoms with Gasteiger partial charge in [-0.25, -0.2) is 0 Å². The first-order valence-corrected chi connectivity index (χ1v) is 6.29. The Morgan fingerprint density at radius 1 is 1.32 bits per heavy atom. The Kier molecular flexibility index (Phi) is 6.08. The Morgan fingerprint density at radius 2 is 2.00 bits per heavy atom. The molecule has 6 nitrogen and oxygen atoms in total. The number of nitro groups is 1. The highest BCUT2D eigenvalue weighted by Gasteiger charge is 2.16. The molecule has 0 saturated carbocycles. The maximum atomic E-state index is 11.0. The molecule has 0 spiro atoms. The van der Waals surface area contributed by atoms with Crippen molar-refractivity contribution in [1.82, 2.24) is 4.90 Å². The molecule has 0 aromatic heterocycles. The predicted octanol–water partition coefficient (Wildman–Crippen LogP) is 2.32. The molecule has 0 aliphatic carbocycles. The third-order valence-corrected chi connectivity index (χ3v) is 2.92. The monoisotopic (exact) mass is 268 g/mol. The van der Waals surface area contributed by atoms with Crippen molar-refractivity contribution >= 4 is 5.69 Å². The van der Waals surface area contributed by atoms with E-state index < -0.39 is 4.92 Å². The zero-order valence-electron chi connectivity index (χ0n) is 11.6. The van der Waals surface area contributed by atoms with Crippen molar-refractivity contribution in [2.24, 2.45) is 0 Å². The van der Waals surface area contributed by atoms with Crippen LogP contribution in [0.15, 0.2) is 18.2 Å². The van der Waals surface area contributed by atoms with Crippen molar-refractivity contribution in [3.05, 3.63) is 28.3 Å². The molecule has 0 amide bonds. The second-order valence-corrected chi connectivity index (χ2v) is 3.97. The van der Waals surface area contributed by atoms with Gasteiger partial charge in [-0.15, -0.1) is 0 Å². The Morgan fingerprint density at radius 3 is 2.53 bits per heavy atom.